The van der Waals surface area contributed by atoms with Crippen molar-refractivity contribution in [1.29, 1.82) is 0 Å². The second-order valence-electron chi connectivity index (χ2n) is 4.19. The van der Waals surface area contributed by atoms with Crippen molar-refractivity contribution in [3.8, 4) is 17.2 Å². The van der Waals surface area contributed by atoms with Crippen molar-refractivity contribution in [2.24, 2.45) is 0 Å². The third kappa shape index (κ3) is 1.24. The highest BCUT2D eigenvalue weighted by atomic mass is 16.3. The molecule has 2 aromatic carbocycles. The van der Waals surface area contributed by atoms with Crippen molar-refractivity contribution < 1.29 is 15.3 Å². The van der Waals surface area contributed by atoms with Gasteiger partial charge in [0.05, 0.1) is 5.52 Å². The number of aromatic hydroxyl groups is 3. The van der Waals surface area contributed by atoms with Gasteiger partial charge in [-0.15, -0.1) is 0 Å². The van der Waals surface area contributed by atoms with Crippen molar-refractivity contribution in [2.75, 3.05) is 0 Å². The fourth-order valence-electron chi connectivity index (χ4n) is 2.11. The molecule has 0 aliphatic heterocycles. The monoisotopic (exact) mass is 229 g/mol. The van der Waals surface area contributed by atoms with E-state index in [0.29, 0.717) is 10.9 Å². The van der Waals surface area contributed by atoms with Gasteiger partial charge in [-0.05, 0) is 25.1 Å². The molecule has 0 spiro atoms. The van der Waals surface area contributed by atoms with E-state index in [2.05, 4.69) is 4.98 Å². The molecule has 0 saturated heterocycles. The van der Waals surface area contributed by atoms with Gasteiger partial charge in [-0.25, -0.2) is 0 Å². The largest absolute Gasteiger partial charge is 0.504 e. The number of hydrogen-bond donors (Lipinski definition) is 4. The summed E-state index contributed by atoms with van der Waals surface area (Å²) in [7, 11) is 0. The lowest BCUT2D eigenvalue weighted by Crippen LogP contribution is -1.74. The summed E-state index contributed by atoms with van der Waals surface area (Å²) in [5.41, 5.74) is 2.37. The van der Waals surface area contributed by atoms with Gasteiger partial charge in [0.15, 0.2) is 11.5 Å². The molecule has 3 rings (SSSR count). The zero-order valence-electron chi connectivity index (χ0n) is 9.15. The first kappa shape index (κ1) is 9.84. The van der Waals surface area contributed by atoms with E-state index in [-0.39, 0.29) is 11.5 Å². The Hall–Kier alpha value is -2.36. The highest BCUT2D eigenvalue weighted by Gasteiger charge is 2.15. The Bertz CT molecular complexity index is 743. The van der Waals surface area contributed by atoms with Crippen LogP contribution in [0.2, 0.25) is 0 Å². The fraction of sp³-hybridized carbons (Fsp3) is 0.0769. The number of aromatic amines is 1. The first-order valence-electron chi connectivity index (χ1n) is 5.24. The van der Waals surface area contributed by atoms with Crippen LogP contribution in [0.4, 0.5) is 0 Å². The van der Waals surface area contributed by atoms with E-state index in [4.69, 9.17) is 0 Å². The van der Waals surface area contributed by atoms with E-state index >= 15 is 0 Å². The Morgan fingerprint density at radius 3 is 2.47 bits per heavy atom. The summed E-state index contributed by atoms with van der Waals surface area (Å²) in [5, 5.41) is 30.4. The number of aromatic nitrogens is 1. The first-order chi connectivity index (χ1) is 8.08. The molecule has 1 aromatic heterocycles. The molecule has 0 bridgehead atoms. The predicted octanol–water partition coefficient (Wildman–Crippen LogP) is 2.75. The van der Waals surface area contributed by atoms with E-state index in [1.54, 1.807) is 0 Å². The van der Waals surface area contributed by atoms with Crippen LogP contribution in [0.1, 0.15) is 5.56 Å². The molecule has 0 amide bonds. The van der Waals surface area contributed by atoms with Crippen LogP contribution in [0.5, 0.6) is 17.2 Å². The molecule has 17 heavy (non-hydrogen) atoms. The average Bonchev–Trinajstić information content (AvgIpc) is 2.65. The molecule has 0 unspecified atom stereocenters. The molecule has 0 saturated carbocycles. The number of H-pyrrole nitrogens is 1. The van der Waals surface area contributed by atoms with Crippen LogP contribution in [0.3, 0.4) is 0 Å². The Labute approximate surface area is 96.8 Å². The van der Waals surface area contributed by atoms with Gasteiger partial charge in [0.2, 0.25) is 5.75 Å². The van der Waals surface area contributed by atoms with E-state index in [1.165, 1.54) is 6.07 Å². The average molecular weight is 229 g/mol. The smallest absolute Gasteiger partial charge is 0.202 e. The van der Waals surface area contributed by atoms with E-state index in [0.717, 1.165) is 16.5 Å². The van der Waals surface area contributed by atoms with Crippen LogP contribution in [-0.4, -0.2) is 20.3 Å². The van der Waals surface area contributed by atoms with E-state index in [9.17, 15) is 15.3 Å². The van der Waals surface area contributed by atoms with Gasteiger partial charge in [0.1, 0.15) is 0 Å². The van der Waals surface area contributed by atoms with Gasteiger partial charge in [0, 0.05) is 16.3 Å². The number of nitrogens with one attached hydrogen (secondary N) is 1. The number of fused-ring (bicyclic) bond motifs is 3. The van der Waals surface area contributed by atoms with Crippen LogP contribution in [-0.2, 0) is 0 Å². The van der Waals surface area contributed by atoms with Crippen LogP contribution >= 0.6 is 0 Å². The number of benzene rings is 2. The lowest BCUT2D eigenvalue weighted by atomic mass is 10.1. The molecule has 0 atom stereocenters. The molecule has 0 aliphatic carbocycles. The van der Waals surface area contributed by atoms with Gasteiger partial charge >= 0.3 is 0 Å². The zero-order chi connectivity index (χ0) is 12.2. The molecule has 4 N–H and O–H groups in total. The number of aryl methyl sites for hydroxylation is 1. The van der Waals surface area contributed by atoms with Gasteiger partial charge < -0.3 is 20.3 Å². The molecule has 0 fully saturated rings. The maximum Gasteiger partial charge on any atom is 0.202 e. The lowest BCUT2D eigenvalue weighted by molar-refractivity contribution is 0.371. The van der Waals surface area contributed by atoms with Gasteiger partial charge in [-0.1, -0.05) is 11.6 Å². The van der Waals surface area contributed by atoms with Crippen LogP contribution in [0, 0.1) is 6.92 Å². The standard InChI is InChI=1S/C13H11NO3/c1-6-2-3-9-7(4-6)8-5-10(15)12(16)13(17)11(8)14-9/h2-5,14-17H,1H3. The van der Waals surface area contributed by atoms with Gasteiger partial charge in [-0.3, -0.25) is 0 Å². The summed E-state index contributed by atoms with van der Waals surface area (Å²) in [6.45, 7) is 1.97. The molecule has 3 aromatic rings. The third-order valence-electron chi connectivity index (χ3n) is 2.98. The molecule has 4 nitrogen and oxygen atoms in total. The van der Waals surface area contributed by atoms with Crippen molar-refractivity contribution in [3.63, 3.8) is 0 Å². The predicted molar refractivity (Wildman–Crippen MR) is 65.5 cm³/mol. The summed E-state index contributed by atoms with van der Waals surface area (Å²) < 4.78 is 0. The highest BCUT2D eigenvalue weighted by molar-refractivity contribution is 6.10. The van der Waals surface area contributed by atoms with Crippen molar-refractivity contribution in [1.82, 2.24) is 4.98 Å². The van der Waals surface area contributed by atoms with Crippen molar-refractivity contribution in [3.05, 3.63) is 29.8 Å². The topological polar surface area (TPSA) is 76.5 Å². The molecule has 1 heterocycles. The number of phenolic OH excluding ortho intramolecular Hbond substituents is 3. The second-order valence-corrected chi connectivity index (χ2v) is 4.19. The molecule has 0 aliphatic rings. The second kappa shape index (κ2) is 3.07. The Balaban J connectivity index is 2.57. The summed E-state index contributed by atoms with van der Waals surface area (Å²) in [5.74, 6) is -1.15. The Kier molecular flexibility index (Phi) is 1.78. The minimum Gasteiger partial charge on any atom is -0.504 e. The van der Waals surface area contributed by atoms with E-state index in [1.807, 2.05) is 25.1 Å². The van der Waals surface area contributed by atoms with Crippen LogP contribution in [0.25, 0.3) is 21.8 Å². The van der Waals surface area contributed by atoms with E-state index < -0.39 is 5.75 Å². The zero-order valence-corrected chi connectivity index (χ0v) is 9.15. The van der Waals surface area contributed by atoms with Crippen molar-refractivity contribution >= 4 is 21.8 Å². The maximum absolute atomic E-state index is 9.77. The van der Waals surface area contributed by atoms with Gasteiger partial charge in [-0.2, -0.15) is 0 Å². The summed E-state index contributed by atoms with van der Waals surface area (Å²) >= 11 is 0. The third-order valence-corrected chi connectivity index (χ3v) is 2.98. The Morgan fingerprint density at radius 2 is 1.71 bits per heavy atom. The Morgan fingerprint density at radius 1 is 0.941 bits per heavy atom. The molecular weight excluding hydrogens is 218 g/mol. The van der Waals surface area contributed by atoms with Crippen molar-refractivity contribution in [2.45, 2.75) is 6.92 Å². The fourth-order valence-corrected chi connectivity index (χ4v) is 2.11. The molecule has 0 radical (unpaired) electrons. The van der Waals surface area contributed by atoms with Crippen LogP contribution < -0.4 is 0 Å². The summed E-state index contributed by atoms with van der Waals surface area (Å²) in [4.78, 5) is 3.02. The number of hydrogen-bond acceptors (Lipinski definition) is 3. The number of phenols is 3. The number of rotatable bonds is 0. The van der Waals surface area contributed by atoms with Crippen LogP contribution in [0.15, 0.2) is 24.3 Å². The minimum atomic E-state index is -0.499. The van der Waals surface area contributed by atoms with Gasteiger partial charge in [0.25, 0.3) is 0 Å². The lowest BCUT2D eigenvalue weighted by Gasteiger charge is -2.01. The first-order valence-corrected chi connectivity index (χ1v) is 5.24. The maximum atomic E-state index is 9.77. The molecule has 4 heteroatoms. The summed E-state index contributed by atoms with van der Waals surface area (Å²) in [6, 6.07) is 7.26. The summed E-state index contributed by atoms with van der Waals surface area (Å²) in [6.07, 6.45) is 0. The quantitative estimate of drug-likeness (QED) is 0.448. The SMILES string of the molecule is Cc1ccc2[nH]c3c(O)c(O)c(O)cc3c2c1. The highest BCUT2D eigenvalue weighted by Crippen LogP contribution is 2.43. The normalized spacial score (nSPS) is 11.4. The minimum absolute atomic E-state index is 0.322. The molecular formula is C13H11NO3. The molecule has 86 valence electrons.